The highest BCUT2D eigenvalue weighted by Crippen LogP contribution is 2.22. The second kappa shape index (κ2) is 6.29. The van der Waals surface area contributed by atoms with Crippen LogP contribution in [0.25, 0.3) is 10.9 Å². The molecule has 1 aliphatic heterocycles. The van der Waals surface area contributed by atoms with Gasteiger partial charge < -0.3 is 19.9 Å². The van der Waals surface area contributed by atoms with Gasteiger partial charge >= 0.3 is 0 Å². The van der Waals surface area contributed by atoms with Crippen LogP contribution in [0.4, 0.5) is 0 Å². The molecule has 1 fully saturated rings. The van der Waals surface area contributed by atoms with Crippen LogP contribution in [0.5, 0.6) is 5.88 Å². The summed E-state index contributed by atoms with van der Waals surface area (Å²) in [5, 5.41) is 13.5. The molecule has 0 saturated carbocycles. The van der Waals surface area contributed by atoms with E-state index in [0.29, 0.717) is 30.0 Å². The Morgan fingerprint density at radius 1 is 1.45 bits per heavy atom. The van der Waals surface area contributed by atoms with Crippen LogP contribution in [0.2, 0.25) is 0 Å². The number of methoxy groups -OCH3 is 1. The highest BCUT2D eigenvalue weighted by molar-refractivity contribution is 6.06. The van der Waals surface area contributed by atoms with Gasteiger partial charge in [-0.25, -0.2) is 4.98 Å². The Morgan fingerprint density at radius 2 is 2.27 bits per heavy atom. The molecule has 1 aromatic carbocycles. The highest BCUT2D eigenvalue weighted by Gasteiger charge is 2.26. The molecule has 2 aromatic rings. The minimum Gasteiger partial charge on any atom is -0.481 e. The van der Waals surface area contributed by atoms with Crippen LogP contribution < -0.4 is 10.1 Å². The van der Waals surface area contributed by atoms with Gasteiger partial charge in [0.25, 0.3) is 5.91 Å². The first kappa shape index (κ1) is 14.7. The Hall–Kier alpha value is -2.18. The molecule has 116 valence electrons. The van der Waals surface area contributed by atoms with Crippen molar-refractivity contribution in [3.05, 3.63) is 35.9 Å². The SMILES string of the molecule is COc1cc(C(=O)N[C@@H]2CCOC[C@H]2O)c2ccccc2n1. The molecule has 22 heavy (non-hydrogen) atoms. The van der Waals surface area contributed by atoms with E-state index in [9.17, 15) is 9.90 Å². The molecular formula is C16H18N2O4. The predicted molar refractivity (Wildman–Crippen MR) is 81.0 cm³/mol. The number of pyridine rings is 1. The van der Waals surface area contributed by atoms with Gasteiger partial charge in [0.1, 0.15) is 0 Å². The first-order valence-corrected chi connectivity index (χ1v) is 7.19. The van der Waals surface area contributed by atoms with Crippen LogP contribution in [0.1, 0.15) is 16.8 Å². The topological polar surface area (TPSA) is 80.7 Å². The average Bonchev–Trinajstić information content (AvgIpc) is 2.55. The number of aromatic nitrogens is 1. The molecule has 1 amide bonds. The normalized spacial score (nSPS) is 21.5. The van der Waals surface area contributed by atoms with Crippen LogP contribution >= 0.6 is 0 Å². The molecule has 0 bridgehead atoms. The van der Waals surface area contributed by atoms with Crippen molar-refractivity contribution in [2.75, 3.05) is 20.3 Å². The van der Waals surface area contributed by atoms with Gasteiger partial charge in [-0.1, -0.05) is 18.2 Å². The molecule has 0 radical (unpaired) electrons. The van der Waals surface area contributed by atoms with Crippen molar-refractivity contribution in [3.8, 4) is 5.88 Å². The van der Waals surface area contributed by atoms with Crippen molar-refractivity contribution >= 4 is 16.8 Å². The summed E-state index contributed by atoms with van der Waals surface area (Å²) in [6.07, 6.45) is -0.0970. The Labute approximate surface area is 128 Å². The number of nitrogens with one attached hydrogen (secondary N) is 1. The van der Waals surface area contributed by atoms with E-state index < -0.39 is 6.10 Å². The monoisotopic (exact) mass is 302 g/mol. The van der Waals surface area contributed by atoms with Crippen LogP contribution in [0.15, 0.2) is 30.3 Å². The maximum atomic E-state index is 12.6. The number of aliphatic hydroxyl groups is 1. The third kappa shape index (κ3) is 2.88. The molecule has 2 N–H and O–H groups in total. The van der Waals surface area contributed by atoms with Gasteiger partial charge in [0.05, 0.1) is 36.9 Å². The quantitative estimate of drug-likeness (QED) is 0.888. The summed E-state index contributed by atoms with van der Waals surface area (Å²) in [7, 11) is 1.51. The van der Waals surface area contributed by atoms with Crippen molar-refractivity contribution in [2.24, 2.45) is 0 Å². The summed E-state index contributed by atoms with van der Waals surface area (Å²) in [4.78, 5) is 16.9. The van der Waals surface area contributed by atoms with Crippen molar-refractivity contribution in [1.29, 1.82) is 0 Å². The fraction of sp³-hybridized carbons (Fsp3) is 0.375. The standard InChI is InChI=1S/C16H18N2O4/c1-21-15-8-11(10-4-2-3-5-12(10)17-15)16(20)18-13-6-7-22-9-14(13)19/h2-5,8,13-14,19H,6-7,9H2,1H3,(H,18,20)/t13-,14-/m1/s1. The average molecular weight is 302 g/mol. The van der Waals surface area contributed by atoms with Gasteiger partial charge in [0.2, 0.25) is 5.88 Å². The highest BCUT2D eigenvalue weighted by atomic mass is 16.5. The molecular weight excluding hydrogens is 284 g/mol. The summed E-state index contributed by atoms with van der Waals surface area (Å²) < 4.78 is 10.3. The van der Waals surface area contributed by atoms with Crippen molar-refractivity contribution in [2.45, 2.75) is 18.6 Å². The van der Waals surface area contributed by atoms with Crippen molar-refractivity contribution in [1.82, 2.24) is 10.3 Å². The summed E-state index contributed by atoms with van der Waals surface area (Å²) in [6.45, 7) is 0.772. The minimum absolute atomic E-state index is 0.241. The van der Waals surface area contributed by atoms with Crippen LogP contribution in [0.3, 0.4) is 0 Å². The maximum Gasteiger partial charge on any atom is 0.252 e. The Morgan fingerprint density at radius 3 is 3.05 bits per heavy atom. The number of hydrogen-bond donors (Lipinski definition) is 2. The summed E-state index contributed by atoms with van der Waals surface area (Å²) >= 11 is 0. The van der Waals surface area contributed by atoms with Gasteiger partial charge in [0, 0.05) is 18.1 Å². The number of carbonyl (C=O) groups is 1. The molecule has 6 heteroatoms. The Balaban J connectivity index is 1.92. The fourth-order valence-electron chi connectivity index (χ4n) is 2.58. The zero-order chi connectivity index (χ0) is 15.5. The smallest absolute Gasteiger partial charge is 0.252 e. The van der Waals surface area contributed by atoms with Gasteiger partial charge in [-0.15, -0.1) is 0 Å². The number of nitrogens with zero attached hydrogens (tertiary/aromatic N) is 1. The molecule has 0 spiro atoms. The van der Waals surface area contributed by atoms with Crippen molar-refractivity contribution in [3.63, 3.8) is 0 Å². The van der Waals surface area contributed by atoms with E-state index in [4.69, 9.17) is 9.47 Å². The fourth-order valence-corrected chi connectivity index (χ4v) is 2.58. The van der Waals surface area contributed by atoms with Gasteiger partial charge in [-0.05, 0) is 12.5 Å². The number of rotatable bonds is 3. The zero-order valence-corrected chi connectivity index (χ0v) is 12.3. The Kier molecular flexibility index (Phi) is 4.22. The lowest BCUT2D eigenvalue weighted by Crippen LogP contribution is -2.48. The molecule has 1 aromatic heterocycles. The lowest BCUT2D eigenvalue weighted by atomic mass is 10.0. The van der Waals surface area contributed by atoms with E-state index in [0.717, 1.165) is 5.39 Å². The second-order valence-electron chi connectivity index (χ2n) is 5.24. The molecule has 0 unspecified atom stereocenters. The summed E-state index contributed by atoms with van der Waals surface area (Å²) in [6, 6.07) is 8.70. The third-order valence-electron chi connectivity index (χ3n) is 3.79. The van der Waals surface area contributed by atoms with Gasteiger partial charge in [0.15, 0.2) is 0 Å². The molecule has 1 saturated heterocycles. The summed E-state index contributed by atoms with van der Waals surface area (Å²) in [5.74, 6) is 0.138. The number of carbonyl (C=O) groups excluding carboxylic acids is 1. The molecule has 0 aliphatic carbocycles. The van der Waals surface area contributed by atoms with E-state index in [1.165, 1.54) is 7.11 Å². The summed E-state index contributed by atoms with van der Waals surface area (Å²) in [5.41, 5.74) is 1.18. The van der Waals surface area contributed by atoms with E-state index in [1.807, 2.05) is 24.3 Å². The molecule has 6 nitrogen and oxygen atoms in total. The number of amides is 1. The molecule has 2 atom stereocenters. The van der Waals surface area contributed by atoms with Crippen molar-refractivity contribution < 1.29 is 19.4 Å². The second-order valence-corrected chi connectivity index (χ2v) is 5.24. The molecule has 3 rings (SSSR count). The molecule has 2 heterocycles. The predicted octanol–water partition coefficient (Wildman–Crippen LogP) is 1.12. The first-order chi connectivity index (χ1) is 10.7. The van der Waals surface area contributed by atoms with E-state index in [-0.39, 0.29) is 18.6 Å². The largest absolute Gasteiger partial charge is 0.481 e. The van der Waals surface area contributed by atoms with Crippen LogP contribution in [-0.4, -0.2) is 48.5 Å². The first-order valence-electron chi connectivity index (χ1n) is 7.19. The number of ether oxygens (including phenoxy) is 2. The maximum absolute atomic E-state index is 12.6. The Bertz CT molecular complexity index is 689. The number of para-hydroxylation sites is 1. The van der Waals surface area contributed by atoms with E-state index in [1.54, 1.807) is 6.07 Å². The minimum atomic E-state index is -0.687. The number of fused-ring (bicyclic) bond motifs is 1. The zero-order valence-electron chi connectivity index (χ0n) is 12.3. The van der Waals surface area contributed by atoms with Crippen LogP contribution in [0, 0.1) is 0 Å². The van der Waals surface area contributed by atoms with Crippen LogP contribution in [-0.2, 0) is 4.74 Å². The lowest BCUT2D eigenvalue weighted by Gasteiger charge is -2.28. The third-order valence-corrected chi connectivity index (χ3v) is 3.79. The van der Waals surface area contributed by atoms with Gasteiger partial charge in [-0.2, -0.15) is 0 Å². The lowest BCUT2D eigenvalue weighted by molar-refractivity contribution is -0.0260. The number of benzene rings is 1. The van der Waals surface area contributed by atoms with E-state index in [2.05, 4.69) is 10.3 Å². The number of aliphatic hydroxyl groups excluding tert-OH is 1. The van der Waals surface area contributed by atoms with Gasteiger partial charge in [-0.3, -0.25) is 4.79 Å². The molecule has 1 aliphatic rings. The number of hydrogen-bond acceptors (Lipinski definition) is 5. The van der Waals surface area contributed by atoms with E-state index >= 15 is 0 Å².